The molecule has 0 spiro atoms. The van der Waals surface area contributed by atoms with Crippen LogP contribution >= 0.6 is 0 Å². The van der Waals surface area contributed by atoms with E-state index in [-0.39, 0.29) is 11.8 Å². The third-order valence-corrected chi connectivity index (χ3v) is 5.79. The van der Waals surface area contributed by atoms with E-state index >= 15 is 0 Å². The molecule has 3 rings (SSSR count). The van der Waals surface area contributed by atoms with Crippen molar-refractivity contribution < 1.29 is 23.9 Å². The van der Waals surface area contributed by atoms with Crippen LogP contribution in [0, 0.1) is 0 Å². The van der Waals surface area contributed by atoms with Crippen molar-refractivity contribution in [1.82, 2.24) is 15.5 Å². The van der Waals surface area contributed by atoms with Crippen molar-refractivity contribution in [1.29, 1.82) is 0 Å². The molecule has 0 aromatic heterocycles. The Kier molecular flexibility index (Phi) is 7.17. The summed E-state index contributed by atoms with van der Waals surface area (Å²) in [6.07, 6.45) is 1.30. The molecular formula is C21H28N4O5. The van der Waals surface area contributed by atoms with Gasteiger partial charge in [0.25, 0.3) is 0 Å². The number of nitrogens with one attached hydrogen (secondary N) is 3. The van der Waals surface area contributed by atoms with Gasteiger partial charge in [0, 0.05) is 38.3 Å². The van der Waals surface area contributed by atoms with Gasteiger partial charge in [0.2, 0.25) is 11.8 Å². The molecule has 0 saturated carbocycles. The fraction of sp³-hybridized carbons (Fsp3) is 0.524. The van der Waals surface area contributed by atoms with Gasteiger partial charge in [-0.25, -0.2) is 0 Å². The van der Waals surface area contributed by atoms with Crippen molar-refractivity contribution in [2.75, 3.05) is 44.7 Å². The molecule has 2 aliphatic rings. The van der Waals surface area contributed by atoms with E-state index in [2.05, 4.69) is 20.9 Å². The topological polar surface area (TPSA) is 117 Å². The minimum Gasteiger partial charge on any atom is -0.379 e. The Morgan fingerprint density at radius 1 is 1.13 bits per heavy atom. The predicted octanol–water partition coefficient (Wildman–Crippen LogP) is 0.158. The first-order valence-electron chi connectivity index (χ1n) is 10.3. The lowest BCUT2D eigenvalue weighted by atomic mass is 9.72. The van der Waals surface area contributed by atoms with Gasteiger partial charge in [-0.2, -0.15) is 0 Å². The van der Waals surface area contributed by atoms with Crippen LogP contribution in [-0.4, -0.2) is 67.9 Å². The number of ether oxygens (including phenoxy) is 1. The van der Waals surface area contributed by atoms with E-state index in [4.69, 9.17) is 4.74 Å². The number of imide groups is 1. The number of benzene rings is 1. The maximum Gasteiger partial charge on any atom is 0.313 e. The fourth-order valence-corrected chi connectivity index (χ4v) is 3.86. The molecule has 3 N–H and O–H groups in total. The highest BCUT2D eigenvalue weighted by Crippen LogP contribution is 2.36. The number of carbonyl (C=O) groups is 4. The number of rotatable bonds is 6. The summed E-state index contributed by atoms with van der Waals surface area (Å²) >= 11 is 0. The predicted molar refractivity (Wildman–Crippen MR) is 110 cm³/mol. The Morgan fingerprint density at radius 3 is 2.47 bits per heavy atom. The first kappa shape index (κ1) is 21.9. The van der Waals surface area contributed by atoms with Crippen molar-refractivity contribution in [3.05, 3.63) is 29.8 Å². The van der Waals surface area contributed by atoms with Crippen LogP contribution in [0.3, 0.4) is 0 Å². The Bertz CT molecular complexity index is 804. The molecule has 0 aliphatic carbocycles. The molecule has 0 radical (unpaired) electrons. The van der Waals surface area contributed by atoms with E-state index in [0.29, 0.717) is 51.3 Å². The molecule has 2 fully saturated rings. The second-order valence-corrected chi connectivity index (χ2v) is 7.55. The molecule has 2 saturated heterocycles. The van der Waals surface area contributed by atoms with Crippen LogP contribution in [-0.2, 0) is 29.3 Å². The summed E-state index contributed by atoms with van der Waals surface area (Å²) in [5.41, 5.74) is 0.487. The number of nitrogens with zero attached hydrogens (tertiary/aromatic N) is 1. The second-order valence-electron chi connectivity index (χ2n) is 7.55. The molecule has 162 valence electrons. The number of anilines is 1. The summed E-state index contributed by atoms with van der Waals surface area (Å²) in [4.78, 5) is 50.3. The Hall–Kier alpha value is -2.78. The minimum absolute atomic E-state index is 0.257. The van der Waals surface area contributed by atoms with Crippen molar-refractivity contribution in [3.63, 3.8) is 0 Å². The number of hydrogen-bond acceptors (Lipinski definition) is 6. The van der Waals surface area contributed by atoms with Gasteiger partial charge in [-0.3, -0.25) is 29.4 Å². The molecule has 9 nitrogen and oxygen atoms in total. The van der Waals surface area contributed by atoms with Crippen molar-refractivity contribution >= 4 is 29.3 Å². The highest BCUT2D eigenvalue weighted by atomic mass is 16.5. The second kappa shape index (κ2) is 9.82. The normalized spacial score (nSPS) is 22.3. The van der Waals surface area contributed by atoms with E-state index in [1.54, 1.807) is 24.3 Å². The number of amides is 4. The van der Waals surface area contributed by atoms with Crippen LogP contribution in [0.5, 0.6) is 0 Å². The maximum absolute atomic E-state index is 12.5. The van der Waals surface area contributed by atoms with Crippen molar-refractivity contribution in [2.24, 2.45) is 0 Å². The number of piperidine rings is 1. The smallest absolute Gasteiger partial charge is 0.313 e. The molecule has 2 aliphatic heterocycles. The van der Waals surface area contributed by atoms with E-state index in [1.807, 2.05) is 6.92 Å². The van der Waals surface area contributed by atoms with E-state index in [9.17, 15) is 19.2 Å². The number of carbonyl (C=O) groups excluding carboxylic acids is 4. The first-order chi connectivity index (χ1) is 14.4. The Morgan fingerprint density at radius 2 is 1.83 bits per heavy atom. The van der Waals surface area contributed by atoms with Crippen LogP contribution in [0.4, 0.5) is 5.69 Å². The third kappa shape index (κ3) is 5.03. The summed E-state index contributed by atoms with van der Waals surface area (Å²) in [7, 11) is 0. The van der Waals surface area contributed by atoms with Crippen LogP contribution in [0.1, 0.15) is 31.7 Å². The monoisotopic (exact) mass is 416 g/mol. The zero-order valence-electron chi connectivity index (χ0n) is 17.2. The van der Waals surface area contributed by atoms with Gasteiger partial charge in [0.05, 0.1) is 18.6 Å². The SMILES string of the molecule is CCC1(c2ccc(NC(=O)C(=O)NCCN3CCOCC3)cc2)CCC(=O)NC1=O. The molecular weight excluding hydrogens is 388 g/mol. The van der Waals surface area contributed by atoms with Gasteiger partial charge in [0.15, 0.2) is 0 Å². The quantitative estimate of drug-likeness (QED) is 0.449. The summed E-state index contributed by atoms with van der Waals surface area (Å²) in [5, 5.41) is 7.60. The van der Waals surface area contributed by atoms with E-state index < -0.39 is 17.2 Å². The highest BCUT2D eigenvalue weighted by Gasteiger charge is 2.42. The molecule has 9 heteroatoms. The average Bonchev–Trinajstić information content (AvgIpc) is 2.75. The molecule has 0 bridgehead atoms. The van der Waals surface area contributed by atoms with E-state index in [0.717, 1.165) is 18.7 Å². The standard InChI is InChI=1S/C21H28N4O5/c1-2-21(8-7-17(26)24-20(21)29)15-3-5-16(6-4-15)23-19(28)18(27)22-9-10-25-11-13-30-14-12-25/h3-6H,2,7-14H2,1H3,(H,22,27)(H,23,28)(H,24,26,29). The number of hydrogen-bond donors (Lipinski definition) is 3. The van der Waals surface area contributed by atoms with Gasteiger partial charge in [-0.15, -0.1) is 0 Å². The average molecular weight is 416 g/mol. The zero-order valence-corrected chi connectivity index (χ0v) is 17.2. The van der Waals surface area contributed by atoms with Crippen molar-refractivity contribution in [3.8, 4) is 0 Å². The molecule has 1 atom stereocenters. The minimum atomic E-state index is -0.757. The third-order valence-electron chi connectivity index (χ3n) is 5.79. The lowest BCUT2D eigenvalue weighted by Crippen LogP contribution is -2.51. The molecule has 2 heterocycles. The molecule has 1 unspecified atom stereocenters. The highest BCUT2D eigenvalue weighted by molar-refractivity contribution is 6.39. The first-order valence-corrected chi connectivity index (χ1v) is 10.3. The van der Waals surface area contributed by atoms with Gasteiger partial charge < -0.3 is 15.4 Å². The summed E-state index contributed by atoms with van der Waals surface area (Å²) in [6.45, 7) is 5.97. The van der Waals surface area contributed by atoms with Crippen LogP contribution in [0.25, 0.3) is 0 Å². The largest absolute Gasteiger partial charge is 0.379 e. The van der Waals surface area contributed by atoms with E-state index in [1.165, 1.54) is 0 Å². The Balaban J connectivity index is 1.53. The van der Waals surface area contributed by atoms with Gasteiger partial charge in [-0.05, 0) is 30.5 Å². The van der Waals surface area contributed by atoms with Crippen molar-refractivity contribution in [2.45, 2.75) is 31.6 Å². The molecule has 4 amide bonds. The lowest BCUT2D eigenvalue weighted by Gasteiger charge is -2.35. The zero-order chi connectivity index (χ0) is 21.6. The fourth-order valence-electron chi connectivity index (χ4n) is 3.86. The summed E-state index contributed by atoms with van der Waals surface area (Å²) in [6, 6.07) is 6.83. The van der Waals surface area contributed by atoms with Crippen LogP contribution in [0.2, 0.25) is 0 Å². The summed E-state index contributed by atoms with van der Waals surface area (Å²) in [5.74, 6) is -1.98. The Labute approximate surface area is 175 Å². The van der Waals surface area contributed by atoms with Gasteiger partial charge in [0.1, 0.15) is 0 Å². The molecule has 1 aromatic carbocycles. The number of morpholine rings is 1. The molecule has 1 aromatic rings. The van der Waals surface area contributed by atoms with Crippen LogP contribution < -0.4 is 16.0 Å². The molecule has 30 heavy (non-hydrogen) atoms. The van der Waals surface area contributed by atoms with Gasteiger partial charge in [-0.1, -0.05) is 19.1 Å². The van der Waals surface area contributed by atoms with Gasteiger partial charge >= 0.3 is 11.8 Å². The maximum atomic E-state index is 12.5. The lowest BCUT2D eigenvalue weighted by molar-refractivity contribution is -0.138. The summed E-state index contributed by atoms with van der Waals surface area (Å²) < 4.78 is 5.27. The van der Waals surface area contributed by atoms with Crippen LogP contribution in [0.15, 0.2) is 24.3 Å².